The fraction of sp³-hybridized carbons (Fsp3) is 0.375. The predicted octanol–water partition coefficient (Wildman–Crippen LogP) is 4.10. The van der Waals surface area contributed by atoms with Gasteiger partial charge in [-0.3, -0.25) is 4.79 Å². The minimum Gasteiger partial charge on any atom is -0.298 e. The Morgan fingerprint density at radius 2 is 2.16 bits per heavy atom. The molecule has 1 aliphatic carbocycles. The number of hydrogen-bond donors (Lipinski definition) is 0. The van der Waals surface area contributed by atoms with Crippen molar-refractivity contribution in [2.75, 3.05) is 0 Å². The molecule has 0 spiro atoms. The van der Waals surface area contributed by atoms with Crippen LogP contribution in [0.25, 0.3) is 10.1 Å². The molecule has 1 fully saturated rings. The average molecular weight is 269 g/mol. The second kappa shape index (κ2) is 4.79. The highest BCUT2D eigenvalue weighted by Gasteiger charge is 2.40. The van der Waals surface area contributed by atoms with E-state index in [1.165, 1.54) is 10.1 Å². The first kappa shape index (κ1) is 12.4. The van der Waals surface area contributed by atoms with Gasteiger partial charge in [-0.25, -0.2) is 0 Å². The van der Waals surface area contributed by atoms with Crippen LogP contribution < -0.4 is 0 Å². The molecule has 1 aromatic carbocycles. The summed E-state index contributed by atoms with van der Waals surface area (Å²) >= 11 is 1.69. The summed E-state index contributed by atoms with van der Waals surface area (Å²) in [4.78, 5) is 12.2. The first-order chi connectivity index (χ1) is 9.25. The molecule has 96 valence electrons. The van der Waals surface area contributed by atoms with E-state index in [-0.39, 0.29) is 5.78 Å². The van der Waals surface area contributed by atoms with Crippen LogP contribution in [0, 0.1) is 16.7 Å². The zero-order chi connectivity index (χ0) is 13.3. The van der Waals surface area contributed by atoms with Gasteiger partial charge in [-0.15, -0.1) is 11.3 Å². The molecular weight excluding hydrogens is 254 g/mol. The number of nitrogens with zero attached hydrogens (tertiary/aromatic N) is 1. The maximum atomic E-state index is 12.2. The zero-order valence-electron chi connectivity index (χ0n) is 10.7. The van der Waals surface area contributed by atoms with E-state index < -0.39 is 5.41 Å². The van der Waals surface area contributed by atoms with Gasteiger partial charge in [0.15, 0.2) is 5.78 Å². The molecule has 3 heteroatoms. The Labute approximate surface area is 116 Å². The number of hydrogen-bond acceptors (Lipinski definition) is 3. The molecule has 0 radical (unpaired) electrons. The van der Waals surface area contributed by atoms with E-state index in [2.05, 4.69) is 23.6 Å². The fourth-order valence-corrected chi connectivity index (χ4v) is 3.89. The third-order valence-corrected chi connectivity index (χ3v) is 5.07. The van der Waals surface area contributed by atoms with E-state index in [4.69, 9.17) is 0 Å². The number of carbonyl (C=O) groups is 1. The largest absolute Gasteiger partial charge is 0.298 e. The summed E-state index contributed by atoms with van der Waals surface area (Å²) in [6, 6.07) is 10.5. The quantitative estimate of drug-likeness (QED) is 0.823. The minimum absolute atomic E-state index is 0.136. The standard InChI is InChI=1S/C16H15NOS/c17-11-16(8-4-3-7-15(16)18)9-12-10-19-14-6-2-1-5-13(12)14/h1-2,5-6,10H,3-4,7-9H2. The van der Waals surface area contributed by atoms with Crippen molar-refractivity contribution in [2.45, 2.75) is 32.1 Å². The second-order valence-corrected chi connectivity index (χ2v) is 6.17. The molecule has 2 nitrogen and oxygen atoms in total. The molecule has 1 saturated carbocycles. The van der Waals surface area contributed by atoms with Crippen molar-refractivity contribution in [2.24, 2.45) is 5.41 Å². The van der Waals surface area contributed by atoms with Crippen LogP contribution in [0.15, 0.2) is 29.6 Å². The van der Waals surface area contributed by atoms with Gasteiger partial charge in [-0.1, -0.05) is 24.6 Å². The van der Waals surface area contributed by atoms with Crippen molar-refractivity contribution in [3.05, 3.63) is 35.2 Å². The molecule has 1 aromatic heterocycles. The molecule has 1 atom stereocenters. The third kappa shape index (κ3) is 2.06. The number of ketones is 1. The fourth-order valence-electron chi connectivity index (χ4n) is 2.93. The van der Waals surface area contributed by atoms with Gasteiger partial charge in [0.25, 0.3) is 0 Å². The predicted molar refractivity (Wildman–Crippen MR) is 77.1 cm³/mol. The van der Waals surface area contributed by atoms with Gasteiger partial charge in [0, 0.05) is 11.1 Å². The lowest BCUT2D eigenvalue weighted by Gasteiger charge is -2.28. The van der Waals surface area contributed by atoms with Gasteiger partial charge in [0.1, 0.15) is 5.41 Å². The monoisotopic (exact) mass is 269 g/mol. The summed E-state index contributed by atoms with van der Waals surface area (Å²) < 4.78 is 1.23. The van der Waals surface area contributed by atoms with Crippen LogP contribution in [-0.2, 0) is 11.2 Å². The molecular formula is C16H15NOS. The third-order valence-electron chi connectivity index (χ3n) is 4.06. The zero-order valence-corrected chi connectivity index (χ0v) is 11.5. The number of thiophene rings is 1. The van der Waals surface area contributed by atoms with E-state index in [9.17, 15) is 10.1 Å². The molecule has 2 aromatic rings. The molecule has 0 amide bonds. The van der Waals surface area contributed by atoms with Crippen LogP contribution in [0.1, 0.15) is 31.2 Å². The average Bonchev–Trinajstić information content (AvgIpc) is 2.85. The van der Waals surface area contributed by atoms with Gasteiger partial charge in [-0.2, -0.15) is 5.26 Å². The number of benzene rings is 1. The Balaban J connectivity index is 1.99. The van der Waals surface area contributed by atoms with Crippen molar-refractivity contribution in [1.82, 2.24) is 0 Å². The van der Waals surface area contributed by atoms with E-state index in [1.807, 2.05) is 12.1 Å². The van der Waals surface area contributed by atoms with Gasteiger partial charge >= 0.3 is 0 Å². The van der Waals surface area contributed by atoms with Gasteiger partial charge in [0.2, 0.25) is 0 Å². The van der Waals surface area contributed by atoms with Crippen LogP contribution in [0.5, 0.6) is 0 Å². The Bertz CT molecular complexity index is 667. The summed E-state index contributed by atoms with van der Waals surface area (Å²) in [5.74, 6) is 0.136. The van der Waals surface area contributed by atoms with E-state index in [0.29, 0.717) is 19.3 Å². The van der Waals surface area contributed by atoms with E-state index in [1.54, 1.807) is 11.3 Å². The normalized spacial score (nSPS) is 23.4. The van der Waals surface area contributed by atoms with Gasteiger partial charge < -0.3 is 0 Å². The summed E-state index contributed by atoms with van der Waals surface area (Å²) in [6.07, 6.45) is 3.78. The highest BCUT2D eigenvalue weighted by atomic mass is 32.1. The Morgan fingerprint density at radius 3 is 2.95 bits per heavy atom. The maximum absolute atomic E-state index is 12.2. The molecule has 1 aliphatic rings. The van der Waals surface area contributed by atoms with Gasteiger partial charge in [0.05, 0.1) is 6.07 Å². The minimum atomic E-state index is -0.776. The van der Waals surface area contributed by atoms with Crippen molar-refractivity contribution in [3.8, 4) is 6.07 Å². The van der Waals surface area contributed by atoms with Crippen LogP contribution in [0.4, 0.5) is 0 Å². The van der Waals surface area contributed by atoms with E-state index in [0.717, 1.165) is 18.4 Å². The first-order valence-electron chi connectivity index (χ1n) is 6.65. The molecule has 0 aliphatic heterocycles. The highest BCUT2D eigenvalue weighted by molar-refractivity contribution is 7.17. The number of fused-ring (bicyclic) bond motifs is 1. The summed E-state index contributed by atoms with van der Waals surface area (Å²) in [7, 11) is 0. The second-order valence-electron chi connectivity index (χ2n) is 5.26. The Morgan fingerprint density at radius 1 is 1.32 bits per heavy atom. The SMILES string of the molecule is N#CC1(Cc2csc3ccccc23)CCCCC1=O. The molecule has 19 heavy (non-hydrogen) atoms. The lowest BCUT2D eigenvalue weighted by molar-refractivity contribution is -0.128. The topological polar surface area (TPSA) is 40.9 Å². The Hall–Kier alpha value is -1.66. The number of nitriles is 1. The summed E-state index contributed by atoms with van der Waals surface area (Å²) in [6.45, 7) is 0. The molecule has 0 N–H and O–H groups in total. The highest BCUT2D eigenvalue weighted by Crippen LogP contribution is 2.38. The molecule has 1 heterocycles. The van der Waals surface area contributed by atoms with Crippen molar-refractivity contribution in [1.29, 1.82) is 5.26 Å². The van der Waals surface area contributed by atoms with Crippen molar-refractivity contribution in [3.63, 3.8) is 0 Å². The van der Waals surface area contributed by atoms with Crippen LogP contribution >= 0.6 is 11.3 Å². The van der Waals surface area contributed by atoms with Crippen LogP contribution in [-0.4, -0.2) is 5.78 Å². The molecule has 0 bridgehead atoms. The maximum Gasteiger partial charge on any atom is 0.153 e. The van der Waals surface area contributed by atoms with Gasteiger partial charge in [-0.05, 0) is 41.7 Å². The lowest BCUT2D eigenvalue weighted by Crippen LogP contribution is -2.34. The first-order valence-corrected chi connectivity index (χ1v) is 7.53. The van der Waals surface area contributed by atoms with E-state index >= 15 is 0 Å². The molecule has 1 unspecified atom stereocenters. The summed E-state index contributed by atoms with van der Waals surface area (Å²) in [5, 5.41) is 12.8. The number of carbonyl (C=O) groups excluding carboxylic acids is 1. The Kier molecular flexibility index (Phi) is 3.12. The lowest BCUT2D eigenvalue weighted by atomic mass is 9.70. The van der Waals surface area contributed by atoms with Crippen molar-refractivity contribution < 1.29 is 4.79 Å². The van der Waals surface area contributed by atoms with Crippen LogP contribution in [0.3, 0.4) is 0 Å². The van der Waals surface area contributed by atoms with Crippen molar-refractivity contribution >= 4 is 27.2 Å². The molecule has 3 rings (SSSR count). The molecule has 0 saturated heterocycles. The van der Waals surface area contributed by atoms with Crippen LogP contribution in [0.2, 0.25) is 0 Å². The number of rotatable bonds is 2. The number of Topliss-reactive ketones (excluding diaryl/α,β-unsaturated/α-hetero) is 1. The smallest absolute Gasteiger partial charge is 0.153 e. The summed E-state index contributed by atoms with van der Waals surface area (Å²) in [5.41, 5.74) is 0.375.